The lowest BCUT2D eigenvalue weighted by molar-refractivity contribution is 0.556. The number of anilines is 1. The van der Waals surface area contributed by atoms with Crippen molar-refractivity contribution in [3.05, 3.63) is 29.8 Å². The Hall–Kier alpha value is -1.53. The summed E-state index contributed by atoms with van der Waals surface area (Å²) in [7, 11) is 0. The minimum absolute atomic E-state index is 0.00873. The summed E-state index contributed by atoms with van der Waals surface area (Å²) in [6.45, 7) is 6.22. The van der Waals surface area contributed by atoms with Crippen LogP contribution in [0, 0.1) is 18.3 Å². The van der Waals surface area contributed by atoms with Gasteiger partial charge in [-0.3, -0.25) is 5.32 Å². The molecule has 1 atom stereocenters. The minimum Gasteiger partial charge on any atom is -0.372 e. The van der Waals surface area contributed by atoms with Crippen LogP contribution in [0.4, 0.5) is 5.69 Å². The van der Waals surface area contributed by atoms with E-state index in [-0.39, 0.29) is 6.04 Å². The molecule has 1 fully saturated rings. The minimum atomic E-state index is -0.00873. The molecule has 3 nitrogen and oxygen atoms in total. The lowest BCUT2D eigenvalue weighted by Gasteiger charge is -2.26. The predicted molar refractivity (Wildman–Crippen MR) is 79.2 cm³/mol. The lowest BCUT2D eigenvalue weighted by atomic mass is 10.1. The van der Waals surface area contributed by atoms with Crippen LogP contribution in [0.3, 0.4) is 0 Å². The van der Waals surface area contributed by atoms with E-state index in [0.29, 0.717) is 6.04 Å². The number of hydrogen-bond acceptors (Lipinski definition) is 3. The first kappa shape index (κ1) is 13.9. The Bertz CT molecular complexity index is 446. The molecule has 102 valence electrons. The number of rotatable bonds is 7. The van der Waals surface area contributed by atoms with Crippen molar-refractivity contribution in [3.8, 4) is 6.07 Å². The van der Waals surface area contributed by atoms with Gasteiger partial charge in [0.2, 0.25) is 0 Å². The molecule has 2 rings (SSSR count). The van der Waals surface area contributed by atoms with Gasteiger partial charge in [0, 0.05) is 24.8 Å². The van der Waals surface area contributed by atoms with E-state index in [0.717, 1.165) is 19.5 Å². The summed E-state index contributed by atoms with van der Waals surface area (Å²) in [5.74, 6) is 0. The Labute approximate surface area is 116 Å². The average Bonchev–Trinajstić information content (AvgIpc) is 3.23. The SMILES string of the molecule is CCN(CCC(C#N)NC1CC1)c1ccccc1C. The molecule has 0 amide bonds. The van der Waals surface area contributed by atoms with Gasteiger partial charge in [0.25, 0.3) is 0 Å². The summed E-state index contributed by atoms with van der Waals surface area (Å²) in [5, 5.41) is 12.6. The van der Waals surface area contributed by atoms with Gasteiger partial charge in [-0.2, -0.15) is 5.26 Å². The van der Waals surface area contributed by atoms with Crippen LogP contribution >= 0.6 is 0 Å². The number of para-hydroxylation sites is 1. The van der Waals surface area contributed by atoms with Gasteiger partial charge in [0.1, 0.15) is 0 Å². The highest BCUT2D eigenvalue weighted by molar-refractivity contribution is 5.52. The molecular weight excluding hydrogens is 234 g/mol. The Morgan fingerprint density at radius 2 is 2.16 bits per heavy atom. The Balaban J connectivity index is 1.91. The standard InChI is InChI=1S/C16H23N3/c1-3-19(16-7-5-4-6-13(16)2)11-10-15(12-17)18-14-8-9-14/h4-7,14-15,18H,3,8-11H2,1-2H3. The van der Waals surface area contributed by atoms with Crippen molar-refractivity contribution in [1.82, 2.24) is 5.32 Å². The number of benzene rings is 1. The average molecular weight is 257 g/mol. The maximum atomic E-state index is 9.18. The van der Waals surface area contributed by atoms with Crippen LogP contribution in [-0.4, -0.2) is 25.2 Å². The smallest absolute Gasteiger partial charge is 0.0972 e. The normalized spacial score (nSPS) is 15.8. The topological polar surface area (TPSA) is 39.1 Å². The number of nitrogens with one attached hydrogen (secondary N) is 1. The van der Waals surface area contributed by atoms with Crippen molar-refractivity contribution in [1.29, 1.82) is 5.26 Å². The predicted octanol–water partition coefficient (Wildman–Crippen LogP) is 2.86. The van der Waals surface area contributed by atoms with Gasteiger partial charge in [0.05, 0.1) is 12.1 Å². The summed E-state index contributed by atoms with van der Waals surface area (Å²) >= 11 is 0. The van der Waals surface area contributed by atoms with Gasteiger partial charge >= 0.3 is 0 Å². The second kappa shape index (κ2) is 6.58. The van der Waals surface area contributed by atoms with Crippen molar-refractivity contribution in [2.24, 2.45) is 0 Å². The van der Waals surface area contributed by atoms with Crippen molar-refractivity contribution in [3.63, 3.8) is 0 Å². The second-order valence-electron chi connectivity index (χ2n) is 5.28. The van der Waals surface area contributed by atoms with Crippen molar-refractivity contribution >= 4 is 5.69 Å². The zero-order valence-electron chi connectivity index (χ0n) is 11.9. The second-order valence-corrected chi connectivity index (χ2v) is 5.28. The van der Waals surface area contributed by atoms with E-state index in [9.17, 15) is 5.26 Å². The van der Waals surface area contributed by atoms with E-state index in [1.54, 1.807) is 0 Å². The highest BCUT2D eigenvalue weighted by atomic mass is 15.1. The molecule has 0 heterocycles. The molecule has 1 aromatic rings. The Morgan fingerprint density at radius 3 is 2.74 bits per heavy atom. The monoisotopic (exact) mass is 257 g/mol. The van der Waals surface area contributed by atoms with Gasteiger partial charge in [-0.25, -0.2) is 0 Å². The number of aryl methyl sites for hydroxylation is 1. The number of hydrogen-bond donors (Lipinski definition) is 1. The van der Waals surface area contributed by atoms with E-state index < -0.39 is 0 Å². The molecule has 1 saturated carbocycles. The number of nitrogens with zero attached hydrogens (tertiary/aromatic N) is 2. The van der Waals surface area contributed by atoms with Crippen LogP contribution in [0.25, 0.3) is 0 Å². The third kappa shape index (κ3) is 3.97. The summed E-state index contributed by atoms with van der Waals surface area (Å²) in [5.41, 5.74) is 2.58. The molecule has 1 aliphatic carbocycles. The molecule has 0 saturated heterocycles. The van der Waals surface area contributed by atoms with Gasteiger partial charge in [-0.15, -0.1) is 0 Å². The molecule has 3 heteroatoms. The molecule has 1 aromatic carbocycles. The largest absolute Gasteiger partial charge is 0.372 e. The van der Waals surface area contributed by atoms with Crippen LogP contribution in [0.15, 0.2) is 24.3 Å². The van der Waals surface area contributed by atoms with Crippen LogP contribution in [0.2, 0.25) is 0 Å². The zero-order valence-corrected chi connectivity index (χ0v) is 11.9. The van der Waals surface area contributed by atoms with E-state index in [2.05, 4.69) is 54.4 Å². The first-order valence-electron chi connectivity index (χ1n) is 7.20. The third-order valence-electron chi connectivity index (χ3n) is 3.70. The number of nitriles is 1. The first-order valence-corrected chi connectivity index (χ1v) is 7.20. The summed E-state index contributed by atoms with van der Waals surface area (Å²) in [6.07, 6.45) is 3.34. The first-order chi connectivity index (χ1) is 9.24. The van der Waals surface area contributed by atoms with Gasteiger partial charge in [0.15, 0.2) is 0 Å². The van der Waals surface area contributed by atoms with E-state index >= 15 is 0 Å². The van der Waals surface area contributed by atoms with Crippen LogP contribution < -0.4 is 10.2 Å². The van der Waals surface area contributed by atoms with Gasteiger partial charge < -0.3 is 4.90 Å². The molecule has 0 aromatic heterocycles. The third-order valence-corrected chi connectivity index (χ3v) is 3.70. The molecule has 0 radical (unpaired) electrons. The quantitative estimate of drug-likeness (QED) is 0.816. The van der Waals surface area contributed by atoms with Crippen LogP contribution in [0.1, 0.15) is 31.7 Å². The summed E-state index contributed by atoms with van der Waals surface area (Å²) in [4.78, 5) is 2.36. The fraction of sp³-hybridized carbons (Fsp3) is 0.562. The van der Waals surface area contributed by atoms with E-state index in [4.69, 9.17) is 0 Å². The fourth-order valence-electron chi connectivity index (χ4n) is 2.37. The van der Waals surface area contributed by atoms with Gasteiger partial charge in [-0.05, 0) is 44.7 Å². The highest BCUT2D eigenvalue weighted by Crippen LogP contribution is 2.21. The Morgan fingerprint density at radius 1 is 1.42 bits per heavy atom. The Kier molecular flexibility index (Phi) is 4.81. The van der Waals surface area contributed by atoms with Crippen molar-refractivity contribution < 1.29 is 0 Å². The molecule has 0 spiro atoms. The molecule has 1 N–H and O–H groups in total. The summed E-state index contributed by atoms with van der Waals surface area (Å²) in [6, 6.07) is 11.4. The lowest BCUT2D eigenvalue weighted by Crippen LogP contribution is -2.34. The fourth-order valence-corrected chi connectivity index (χ4v) is 2.37. The molecule has 19 heavy (non-hydrogen) atoms. The molecule has 1 aliphatic rings. The highest BCUT2D eigenvalue weighted by Gasteiger charge is 2.24. The maximum absolute atomic E-state index is 9.18. The van der Waals surface area contributed by atoms with Gasteiger partial charge in [-0.1, -0.05) is 18.2 Å². The van der Waals surface area contributed by atoms with Crippen LogP contribution in [0.5, 0.6) is 0 Å². The zero-order chi connectivity index (χ0) is 13.7. The molecular formula is C16H23N3. The summed E-state index contributed by atoms with van der Waals surface area (Å²) < 4.78 is 0. The van der Waals surface area contributed by atoms with Crippen molar-refractivity contribution in [2.75, 3.05) is 18.0 Å². The molecule has 0 aliphatic heterocycles. The van der Waals surface area contributed by atoms with E-state index in [1.807, 2.05) is 0 Å². The van der Waals surface area contributed by atoms with Crippen LogP contribution in [-0.2, 0) is 0 Å². The molecule has 1 unspecified atom stereocenters. The van der Waals surface area contributed by atoms with Crippen molar-refractivity contribution in [2.45, 2.75) is 45.2 Å². The molecule has 0 bridgehead atoms. The van der Waals surface area contributed by atoms with E-state index in [1.165, 1.54) is 24.1 Å². The maximum Gasteiger partial charge on any atom is 0.0972 e.